The standard InChI is InChI=1S/C37H44N2O7/c1-3-4-8-22-45-31-17-14-29(25-32(31)43-2)34-33(36(41)37(42)39(34)19-9-18-38-20-23-44-24-21-38)35(40)28-12-15-30(16-13-28)46-26-27-10-6-5-7-11-27/h5-7,10-17,25,34,40H,3-4,8-9,18-24,26H2,1-2H3. The van der Waals surface area contributed by atoms with E-state index in [1.165, 1.54) is 0 Å². The van der Waals surface area contributed by atoms with Crippen molar-refractivity contribution in [1.29, 1.82) is 0 Å². The average Bonchev–Trinajstić information content (AvgIpc) is 3.35. The zero-order valence-corrected chi connectivity index (χ0v) is 26.8. The lowest BCUT2D eigenvalue weighted by Gasteiger charge is -2.29. The van der Waals surface area contributed by atoms with Crippen LogP contribution < -0.4 is 14.2 Å². The predicted molar refractivity (Wildman–Crippen MR) is 176 cm³/mol. The third-order valence-electron chi connectivity index (χ3n) is 8.40. The summed E-state index contributed by atoms with van der Waals surface area (Å²) < 4.78 is 23.0. The molecule has 0 aromatic heterocycles. The van der Waals surface area contributed by atoms with Gasteiger partial charge in [-0.1, -0.05) is 56.2 Å². The molecular weight excluding hydrogens is 584 g/mol. The lowest BCUT2D eigenvalue weighted by molar-refractivity contribution is -0.140. The van der Waals surface area contributed by atoms with Gasteiger partial charge in [0.2, 0.25) is 0 Å². The molecular formula is C37H44N2O7. The molecule has 46 heavy (non-hydrogen) atoms. The maximum absolute atomic E-state index is 13.6. The fourth-order valence-corrected chi connectivity index (χ4v) is 5.86. The van der Waals surface area contributed by atoms with Gasteiger partial charge in [-0.25, -0.2) is 0 Å². The largest absolute Gasteiger partial charge is 0.507 e. The Balaban J connectivity index is 1.42. The Morgan fingerprint density at radius 3 is 2.37 bits per heavy atom. The van der Waals surface area contributed by atoms with Crippen LogP contribution in [0.5, 0.6) is 17.2 Å². The monoisotopic (exact) mass is 628 g/mol. The number of Topliss-reactive ketones (excluding diaryl/α,β-unsaturated/α-hetero) is 1. The van der Waals surface area contributed by atoms with Crippen molar-refractivity contribution in [1.82, 2.24) is 9.80 Å². The Bertz CT molecular complexity index is 1480. The van der Waals surface area contributed by atoms with Crippen LogP contribution in [0.25, 0.3) is 5.76 Å². The first-order valence-electron chi connectivity index (χ1n) is 16.2. The molecule has 2 fully saturated rings. The van der Waals surface area contributed by atoms with Crippen LogP contribution in [-0.2, 0) is 20.9 Å². The Morgan fingerprint density at radius 1 is 0.891 bits per heavy atom. The highest BCUT2D eigenvalue weighted by Gasteiger charge is 2.46. The number of aliphatic hydroxyl groups excluding tert-OH is 1. The van der Waals surface area contributed by atoms with Gasteiger partial charge < -0.3 is 29.0 Å². The molecule has 3 aromatic rings. The molecule has 9 heteroatoms. The highest BCUT2D eigenvalue weighted by Crippen LogP contribution is 2.42. The molecule has 0 aliphatic carbocycles. The normalized spacial score (nSPS) is 18.1. The van der Waals surface area contributed by atoms with Crippen molar-refractivity contribution in [2.75, 3.05) is 53.1 Å². The molecule has 1 atom stereocenters. The van der Waals surface area contributed by atoms with Gasteiger partial charge in [-0.2, -0.15) is 0 Å². The number of ketones is 1. The minimum Gasteiger partial charge on any atom is -0.507 e. The summed E-state index contributed by atoms with van der Waals surface area (Å²) in [5.74, 6) is 0.158. The number of morpholine rings is 1. The average molecular weight is 629 g/mol. The van der Waals surface area contributed by atoms with Gasteiger partial charge in [0.15, 0.2) is 11.5 Å². The number of likely N-dealkylation sites (tertiary alicyclic amines) is 1. The topological polar surface area (TPSA) is 97.8 Å². The second-order valence-corrected chi connectivity index (χ2v) is 11.6. The second-order valence-electron chi connectivity index (χ2n) is 11.6. The van der Waals surface area contributed by atoms with E-state index >= 15 is 0 Å². The molecule has 244 valence electrons. The van der Waals surface area contributed by atoms with Gasteiger partial charge in [-0.3, -0.25) is 14.5 Å². The predicted octanol–water partition coefficient (Wildman–Crippen LogP) is 5.99. The molecule has 2 saturated heterocycles. The molecule has 0 radical (unpaired) electrons. The molecule has 1 N–H and O–H groups in total. The van der Waals surface area contributed by atoms with E-state index in [9.17, 15) is 14.7 Å². The van der Waals surface area contributed by atoms with E-state index in [1.807, 2.05) is 42.5 Å². The van der Waals surface area contributed by atoms with Gasteiger partial charge in [-0.15, -0.1) is 0 Å². The van der Waals surface area contributed by atoms with E-state index in [1.54, 1.807) is 42.3 Å². The molecule has 1 amide bonds. The van der Waals surface area contributed by atoms with Crippen LogP contribution in [0.1, 0.15) is 55.3 Å². The minimum absolute atomic E-state index is 0.0491. The van der Waals surface area contributed by atoms with Crippen LogP contribution in [0.4, 0.5) is 0 Å². The van der Waals surface area contributed by atoms with E-state index in [0.717, 1.165) is 44.5 Å². The number of aliphatic hydroxyl groups is 1. The number of rotatable bonds is 15. The highest BCUT2D eigenvalue weighted by atomic mass is 16.5. The smallest absolute Gasteiger partial charge is 0.295 e. The maximum Gasteiger partial charge on any atom is 0.295 e. The van der Waals surface area contributed by atoms with E-state index in [4.69, 9.17) is 18.9 Å². The molecule has 9 nitrogen and oxygen atoms in total. The first kappa shape index (κ1) is 33.0. The number of hydrogen-bond donors (Lipinski definition) is 1. The van der Waals surface area contributed by atoms with Gasteiger partial charge in [0.25, 0.3) is 11.7 Å². The van der Waals surface area contributed by atoms with Crippen LogP contribution >= 0.6 is 0 Å². The van der Waals surface area contributed by atoms with Crippen LogP contribution in [-0.4, -0.2) is 79.7 Å². The van der Waals surface area contributed by atoms with E-state index < -0.39 is 17.7 Å². The van der Waals surface area contributed by atoms with Crippen molar-refractivity contribution in [3.63, 3.8) is 0 Å². The summed E-state index contributed by atoms with van der Waals surface area (Å²) in [5.41, 5.74) is 2.17. The lowest BCUT2D eigenvalue weighted by Crippen LogP contribution is -2.39. The molecule has 2 aliphatic heterocycles. The summed E-state index contributed by atoms with van der Waals surface area (Å²) in [5, 5.41) is 11.6. The second kappa shape index (κ2) is 16.3. The molecule has 1 unspecified atom stereocenters. The summed E-state index contributed by atoms with van der Waals surface area (Å²) in [7, 11) is 1.57. The number of carbonyl (C=O) groups excluding carboxylic acids is 2. The molecule has 5 rings (SSSR count). The van der Waals surface area contributed by atoms with Crippen molar-refractivity contribution in [2.24, 2.45) is 0 Å². The summed E-state index contributed by atoms with van der Waals surface area (Å²) in [6.07, 6.45) is 3.76. The number of nitrogens with zero attached hydrogens (tertiary/aromatic N) is 2. The number of benzene rings is 3. The molecule has 2 aliphatic rings. The van der Waals surface area contributed by atoms with E-state index in [2.05, 4.69) is 11.8 Å². The van der Waals surface area contributed by atoms with Gasteiger partial charge in [-0.05, 0) is 60.4 Å². The van der Waals surface area contributed by atoms with E-state index in [-0.39, 0.29) is 11.3 Å². The first-order chi connectivity index (χ1) is 22.5. The van der Waals surface area contributed by atoms with Crippen molar-refractivity contribution in [3.8, 4) is 17.2 Å². The molecule has 0 spiro atoms. The molecule has 2 heterocycles. The highest BCUT2D eigenvalue weighted by molar-refractivity contribution is 6.46. The van der Waals surface area contributed by atoms with Gasteiger partial charge in [0.05, 0.1) is 38.5 Å². The number of carbonyl (C=O) groups is 2. The Hall–Kier alpha value is -4.34. The Morgan fingerprint density at radius 2 is 1.65 bits per heavy atom. The fourth-order valence-electron chi connectivity index (χ4n) is 5.86. The van der Waals surface area contributed by atoms with Gasteiger partial charge >= 0.3 is 0 Å². The fraction of sp³-hybridized carbons (Fsp3) is 0.405. The van der Waals surface area contributed by atoms with Crippen molar-refractivity contribution in [2.45, 2.75) is 45.3 Å². The first-order valence-corrected chi connectivity index (χ1v) is 16.2. The van der Waals surface area contributed by atoms with Crippen LogP contribution in [0.2, 0.25) is 0 Å². The molecule has 3 aromatic carbocycles. The van der Waals surface area contributed by atoms with Crippen molar-refractivity contribution in [3.05, 3.63) is 95.1 Å². The minimum atomic E-state index is -0.790. The summed E-state index contributed by atoms with van der Waals surface area (Å²) >= 11 is 0. The van der Waals surface area contributed by atoms with Gasteiger partial charge in [0.1, 0.15) is 18.1 Å². The lowest BCUT2D eigenvalue weighted by atomic mass is 9.95. The number of methoxy groups -OCH3 is 1. The zero-order chi connectivity index (χ0) is 32.3. The van der Waals surface area contributed by atoms with Crippen LogP contribution in [0.3, 0.4) is 0 Å². The Labute approximate surface area is 271 Å². The van der Waals surface area contributed by atoms with E-state index in [0.29, 0.717) is 67.8 Å². The van der Waals surface area contributed by atoms with Crippen LogP contribution in [0.15, 0.2) is 78.4 Å². The SMILES string of the molecule is CCCCCOc1ccc(C2C(=C(O)c3ccc(OCc4ccccc4)cc3)C(=O)C(=O)N2CCCN2CCOCC2)cc1OC. The Kier molecular flexibility index (Phi) is 11.7. The van der Waals surface area contributed by atoms with Crippen molar-refractivity contribution < 1.29 is 33.6 Å². The number of ether oxygens (including phenoxy) is 4. The van der Waals surface area contributed by atoms with Crippen LogP contribution in [0, 0.1) is 0 Å². The number of amides is 1. The quantitative estimate of drug-likeness (QED) is 0.0950. The third kappa shape index (κ3) is 8.08. The molecule has 0 saturated carbocycles. The van der Waals surface area contributed by atoms with Crippen molar-refractivity contribution >= 4 is 17.4 Å². The number of unbranched alkanes of at least 4 members (excludes halogenated alkanes) is 2. The molecule has 0 bridgehead atoms. The summed E-state index contributed by atoms with van der Waals surface area (Å²) in [4.78, 5) is 31.0. The third-order valence-corrected chi connectivity index (χ3v) is 8.40. The van der Waals surface area contributed by atoms with Gasteiger partial charge in [0, 0.05) is 31.7 Å². The number of hydrogen-bond acceptors (Lipinski definition) is 8. The summed E-state index contributed by atoms with van der Waals surface area (Å²) in [6.45, 7) is 7.29. The maximum atomic E-state index is 13.6. The summed E-state index contributed by atoms with van der Waals surface area (Å²) in [6, 6.07) is 21.4. The zero-order valence-electron chi connectivity index (χ0n) is 26.8.